The molecule has 0 amide bonds. The van der Waals surface area contributed by atoms with Crippen molar-refractivity contribution in [2.75, 3.05) is 6.54 Å². The third-order valence-electron chi connectivity index (χ3n) is 4.38. The van der Waals surface area contributed by atoms with E-state index in [1.165, 1.54) is 6.42 Å². The Bertz CT molecular complexity index is 774. The fraction of sp³-hybridized carbons (Fsp3) is 0.263. The van der Waals surface area contributed by atoms with Crippen LogP contribution < -0.4 is 0 Å². The molecule has 3 aromatic heterocycles. The van der Waals surface area contributed by atoms with Crippen LogP contribution in [0.3, 0.4) is 0 Å². The largest absolute Gasteiger partial charge is 0.290 e. The van der Waals surface area contributed by atoms with Crippen molar-refractivity contribution in [2.45, 2.75) is 25.4 Å². The van der Waals surface area contributed by atoms with Gasteiger partial charge in [-0.25, -0.2) is 9.97 Å². The number of likely N-dealkylation sites (tertiary alicyclic amines) is 1. The minimum atomic E-state index is 0.390. The van der Waals surface area contributed by atoms with E-state index in [2.05, 4.69) is 37.0 Å². The van der Waals surface area contributed by atoms with E-state index < -0.39 is 0 Å². The molecule has 1 aliphatic rings. The van der Waals surface area contributed by atoms with Crippen LogP contribution in [0.2, 0.25) is 0 Å². The van der Waals surface area contributed by atoms with Crippen LogP contribution in [0.15, 0.2) is 61.2 Å². The zero-order valence-electron chi connectivity index (χ0n) is 13.4. The number of rotatable bonds is 4. The summed E-state index contributed by atoms with van der Waals surface area (Å²) in [5.74, 6) is 0.669. The van der Waals surface area contributed by atoms with Crippen molar-refractivity contribution in [3.05, 3.63) is 72.4 Å². The van der Waals surface area contributed by atoms with Crippen LogP contribution in [0, 0.1) is 0 Å². The summed E-state index contributed by atoms with van der Waals surface area (Å²) in [5.41, 5.74) is 3.08. The molecule has 0 spiro atoms. The molecule has 0 N–H and O–H groups in total. The first-order valence-electron chi connectivity index (χ1n) is 8.27. The summed E-state index contributed by atoms with van der Waals surface area (Å²) in [4.78, 5) is 20.2. The minimum Gasteiger partial charge on any atom is -0.290 e. The van der Waals surface area contributed by atoms with Crippen molar-refractivity contribution >= 4 is 0 Å². The zero-order chi connectivity index (χ0) is 16.2. The Labute approximate surface area is 141 Å². The molecule has 0 saturated carbocycles. The molecule has 4 heterocycles. The Hall–Kier alpha value is -2.66. The van der Waals surface area contributed by atoms with Gasteiger partial charge in [-0.15, -0.1) is 0 Å². The molecule has 5 nitrogen and oxygen atoms in total. The predicted molar refractivity (Wildman–Crippen MR) is 91.9 cm³/mol. The Morgan fingerprint density at radius 3 is 2.42 bits per heavy atom. The van der Waals surface area contributed by atoms with Gasteiger partial charge < -0.3 is 0 Å². The molecule has 1 saturated heterocycles. The average Bonchev–Trinajstić information content (AvgIpc) is 3.12. The Balaban J connectivity index is 1.49. The third kappa shape index (κ3) is 3.16. The van der Waals surface area contributed by atoms with Crippen LogP contribution in [0.4, 0.5) is 0 Å². The van der Waals surface area contributed by atoms with Gasteiger partial charge in [0.15, 0.2) is 5.82 Å². The van der Waals surface area contributed by atoms with E-state index in [1.54, 1.807) is 6.20 Å². The second-order valence-corrected chi connectivity index (χ2v) is 6.01. The molecule has 4 rings (SSSR count). The summed E-state index contributed by atoms with van der Waals surface area (Å²) in [6.07, 6.45) is 9.80. The monoisotopic (exact) mass is 317 g/mol. The maximum atomic E-state index is 4.53. The molecule has 0 aliphatic carbocycles. The standard InChI is InChI=1S/C19H19N5/c1-3-9-20-16(6-1)18-8-5-11-24(18)14-15-12-22-19(23-13-15)17-7-2-4-10-21-17/h1-4,6-7,9-10,12-13,18H,5,8,11,14H2/t18-/m0/s1. The Morgan fingerprint density at radius 2 is 1.71 bits per heavy atom. The Kier molecular flexibility index (Phi) is 4.25. The lowest BCUT2D eigenvalue weighted by molar-refractivity contribution is 0.244. The van der Waals surface area contributed by atoms with Gasteiger partial charge in [0.25, 0.3) is 0 Å². The SMILES string of the molecule is c1ccc(-c2ncc(CN3CCC[C@H]3c3ccccn3)cn2)nc1. The maximum absolute atomic E-state index is 4.53. The highest BCUT2D eigenvalue weighted by Crippen LogP contribution is 2.31. The predicted octanol–water partition coefficient (Wildman–Crippen LogP) is 3.27. The first-order chi connectivity index (χ1) is 11.9. The summed E-state index contributed by atoms with van der Waals surface area (Å²) in [6.45, 7) is 1.94. The van der Waals surface area contributed by atoms with Gasteiger partial charge in [-0.05, 0) is 43.7 Å². The van der Waals surface area contributed by atoms with Crippen molar-refractivity contribution < 1.29 is 0 Å². The summed E-state index contributed by atoms with van der Waals surface area (Å²) in [5, 5.41) is 0. The molecule has 3 aromatic rings. The summed E-state index contributed by atoms with van der Waals surface area (Å²) in [6, 6.07) is 12.3. The molecule has 24 heavy (non-hydrogen) atoms. The van der Waals surface area contributed by atoms with Crippen molar-refractivity contribution in [1.29, 1.82) is 0 Å². The van der Waals surface area contributed by atoms with Crippen molar-refractivity contribution in [1.82, 2.24) is 24.8 Å². The molecule has 5 heteroatoms. The fourth-order valence-corrected chi connectivity index (χ4v) is 3.22. The third-order valence-corrected chi connectivity index (χ3v) is 4.38. The molecule has 0 unspecified atom stereocenters. The van der Waals surface area contributed by atoms with Gasteiger partial charge in [-0.3, -0.25) is 14.9 Å². The summed E-state index contributed by atoms with van der Waals surface area (Å²) < 4.78 is 0. The van der Waals surface area contributed by atoms with Gasteiger partial charge in [-0.1, -0.05) is 12.1 Å². The lowest BCUT2D eigenvalue weighted by Gasteiger charge is -2.23. The van der Waals surface area contributed by atoms with Gasteiger partial charge >= 0.3 is 0 Å². The fourth-order valence-electron chi connectivity index (χ4n) is 3.22. The lowest BCUT2D eigenvalue weighted by atomic mass is 10.1. The van der Waals surface area contributed by atoms with E-state index >= 15 is 0 Å². The van der Waals surface area contributed by atoms with Crippen LogP contribution in [-0.4, -0.2) is 31.4 Å². The van der Waals surface area contributed by atoms with E-state index in [4.69, 9.17) is 0 Å². The van der Waals surface area contributed by atoms with Crippen molar-refractivity contribution in [3.63, 3.8) is 0 Å². The molecular weight excluding hydrogens is 298 g/mol. The highest BCUT2D eigenvalue weighted by molar-refractivity contribution is 5.47. The van der Waals surface area contributed by atoms with Crippen LogP contribution in [0.5, 0.6) is 0 Å². The van der Waals surface area contributed by atoms with Crippen LogP contribution >= 0.6 is 0 Å². The van der Waals surface area contributed by atoms with E-state index in [9.17, 15) is 0 Å². The Morgan fingerprint density at radius 1 is 0.917 bits per heavy atom. The van der Waals surface area contributed by atoms with Gasteiger partial charge in [0.1, 0.15) is 5.69 Å². The van der Waals surface area contributed by atoms with Crippen LogP contribution in [-0.2, 0) is 6.54 Å². The molecule has 1 aliphatic heterocycles. The van der Waals surface area contributed by atoms with Gasteiger partial charge in [0, 0.05) is 36.9 Å². The molecule has 1 atom stereocenters. The smallest absolute Gasteiger partial charge is 0.178 e. The van der Waals surface area contributed by atoms with Gasteiger partial charge in [0.05, 0.1) is 11.7 Å². The van der Waals surface area contributed by atoms with Crippen molar-refractivity contribution in [2.24, 2.45) is 0 Å². The second-order valence-electron chi connectivity index (χ2n) is 6.01. The molecule has 0 aromatic carbocycles. The van der Waals surface area contributed by atoms with Gasteiger partial charge in [0.2, 0.25) is 0 Å². The first kappa shape index (κ1) is 14.9. The molecule has 120 valence electrons. The van der Waals surface area contributed by atoms with E-state index in [1.807, 2.05) is 42.9 Å². The molecular formula is C19H19N5. The lowest BCUT2D eigenvalue weighted by Crippen LogP contribution is -2.23. The summed E-state index contributed by atoms with van der Waals surface area (Å²) in [7, 11) is 0. The van der Waals surface area contributed by atoms with E-state index in [0.717, 1.165) is 36.5 Å². The molecule has 1 fully saturated rings. The topological polar surface area (TPSA) is 54.8 Å². The van der Waals surface area contributed by atoms with Crippen LogP contribution in [0.1, 0.15) is 30.1 Å². The van der Waals surface area contributed by atoms with Crippen molar-refractivity contribution in [3.8, 4) is 11.5 Å². The van der Waals surface area contributed by atoms with Crippen LogP contribution in [0.25, 0.3) is 11.5 Å². The maximum Gasteiger partial charge on any atom is 0.178 e. The molecule has 0 bridgehead atoms. The quantitative estimate of drug-likeness (QED) is 0.739. The second kappa shape index (κ2) is 6.84. The van der Waals surface area contributed by atoms with E-state index in [-0.39, 0.29) is 0 Å². The molecule has 0 radical (unpaired) electrons. The normalized spacial score (nSPS) is 17.9. The number of hydrogen-bond acceptors (Lipinski definition) is 5. The first-order valence-corrected chi connectivity index (χ1v) is 8.27. The van der Waals surface area contributed by atoms with E-state index in [0.29, 0.717) is 11.9 Å². The number of pyridine rings is 2. The number of hydrogen-bond donors (Lipinski definition) is 0. The highest BCUT2D eigenvalue weighted by Gasteiger charge is 2.26. The number of nitrogens with zero attached hydrogens (tertiary/aromatic N) is 5. The highest BCUT2D eigenvalue weighted by atomic mass is 15.2. The summed E-state index contributed by atoms with van der Waals surface area (Å²) >= 11 is 0. The average molecular weight is 317 g/mol. The van der Waals surface area contributed by atoms with Gasteiger partial charge in [-0.2, -0.15) is 0 Å². The zero-order valence-corrected chi connectivity index (χ0v) is 13.4. The minimum absolute atomic E-state index is 0.390. The number of aromatic nitrogens is 4.